The third-order valence-electron chi connectivity index (χ3n) is 4.31. The molecule has 1 aliphatic heterocycles. The molecule has 2 rings (SSSR count). The Morgan fingerprint density at radius 1 is 1.27 bits per heavy atom. The molecule has 1 aliphatic rings. The van der Waals surface area contributed by atoms with Gasteiger partial charge in [0, 0.05) is 13.0 Å². The second-order valence-corrected chi connectivity index (χ2v) is 7.22. The van der Waals surface area contributed by atoms with Gasteiger partial charge in [0.15, 0.2) is 0 Å². The van der Waals surface area contributed by atoms with Gasteiger partial charge in [0.2, 0.25) is 11.8 Å². The molecule has 2 N–H and O–H groups in total. The summed E-state index contributed by atoms with van der Waals surface area (Å²) in [4.78, 5) is 23.3. The topological polar surface area (TPSA) is 58.2 Å². The van der Waals surface area contributed by atoms with E-state index in [0.717, 1.165) is 5.56 Å². The van der Waals surface area contributed by atoms with Crippen LogP contribution >= 0.6 is 0 Å². The highest BCUT2D eigenvalue weighted by Crippen LogP contribution is 2.26. The van der Waals surface area contributed by atoms with Gasteiger partial charge in [0.1, 0.15) is 6.04 Å². The van der Waals surface area contributed by atoms with Gasteiger partial charge < -0.3 is 10.6 Å². The Kier molecular flexibility index (Phi) is 4.59. The number of nitrogens with one attached hydrogen (secondary N) is 2. The number of aryl methyl sites for hydroxylation is 2. The molecule has 0 radical (unpaired) electrons. The van der Waals surface area contributed by atoms with Crippen molar-refractivity contribution in [3.8, 4) is 0 Å². The van der Waals surface area contributed by atoms with E-state index in [1.807, 2.05) is 0 Å². The van der Waals surface area contributed by atoms with E-state index in [-0.39, 0.29) is 23.3 Å². The Morgan fingerprint density at radius 3 is 2.32 bits per heavy atom. The molecular weight excluding hydrogens is 276 g/mol. The Bertz CT molecular complexity index is 577. The van der Waals surface area contributed by atoms with Crippen molar-refractivity contribution in [3.63, 3.8) is 0 Å². The standard InChI is InChI=1S/C18H26N2O2/c1-11-8-13(18(3,4)5)9-12(2)14(11)10-19-17(22)15-6-7-16(21)20-15/h8-9,15H,6-7,10H2,1-5H3,(H,19,22)(H,20,21). The first-order valence-corrected chi connectivity index (χ1v) is 7.86. The van der Waals surface area contributed by atoms with Crippen LogP contribution in [0, 0.1) is 13.8 Å². The Balaban J connectivity index is 2.07. The molecule has 4 heteroatoms. The number of hydrogen-bond acceptors (Lipinski definition) is 2. The number of amides is 2. The maximum absolute atomic E-state index is 12.1. The largest absolute Gasteiger partial charge is 0.350 e. The molecule has 0 aromatic heterocycles. The van der Waals surface area contributed by atoms with Crippen molar-refractivity contribution in [1.29, 1.82) is 0 Å². The fraction of sp³-hybridized carbons (Fsp3) is 0.556. The van der Waals surface area contributed by atoms with E-state index in [0.29, 0.717) is 19.4 Å². The summed E-state index contributed by atoms with van der Waals surface area (Å²) in [6, 6.07) is 4.03. The van der Waals surface area contributed by atoms with E-state index in [1.165, 1.54) is 16.7 Å². The van der Waals surface area contributed by atoms with Crippen LogP contribution in [0.15, 0.2) is 12.1 Å². The highest BCUT2D eigenvalue weighted by molar-refractivity contribution is 5.90. The molecule has 1 unspecified atom stereocenters. The average Bonchev–Trinajstić information content (AvgIpc) is 2.83. The second kappa shape index (κ2) is 6.11. The quantitative estimate of drug-likeness (QED) is 0.901. The first-order valence-electron chi connectivity index (χ1n) is 7.86. The lowest BCUT2D eigenvalue weighted by Crippen LogP contribution is -2.41. The zero-order chi connectivity index (χ0) is 16.5. The van der Waals surface area contributed by atoms with Crippen LogP contribution in [0.1, 0.15) is 55.9 Å². The van der Waals surface area contributed by atoms with E-state index in [9.17, 15) is 9.59 Å². The van der Waals surface area contributed by atoms with Crippen molar-refractivity contribution >= 4 is 11.8 Å². The maximum Gasteiger partial charge on any atom is 0.242 e. The highest BCUT2D eigenvalue weighted by Gasteiger charge is 2.27. The van der Waals surface area contributed by atoms with E-state index in [4.69, 9.17) is 0 Å². The summed E-state index contributed by atoms with van der Waals surface area (Å²) < 4.78 is 0. The molecule has 1 heterocycles. The van der Waals surface area contributed by atoms with Crippen LogP contribution in [0.4, 0.5) is 0 Å². The molecule has 0 saturated carbocycles. The lowest BCUT2D eigenvalue weighted by Gasteiger charge is -2.22. The lowest BCUT2D eigenvalue weighted by molar-refractivity contribution is -0.125. The molecule has 1 atom stereocenters. The third kappa shape index (κ3) is 3.67. The second-order valence-electron chi connectivity index (χ2n) is 7.22. The van der Waals surface area contributed by atoms with E-state index >= 15 is 0 Å². The first-order chi connectivity index (χ1) is 10.2. The molecule has 1 saturated heterocycles. The van der Waals surface area contributed by atoms with Crippen molar-refractivity contribution < 1.29 is 9.59 Å². The molecule has 4 nitrogen and oxygen atoms in total. The van der Waals surface area contributed by atoms with Crippen molar-refractivity contribution in [1.82, 2.24) is 10.6 Å². The fourth-order valence-corrected chi connectivity index (χ4v) is 2.81. The summed E-state index contributed by atoms with van der Waals surface area (Å²) in [7, 11) is 0. The third-order valence-corrected chi connectivity index (χ3v) is 4.31. The minimum Gasteiger partial charge on any atom is -0.350 e. The maximum atomic E-state index is 12.1. The Hall–Kier alpha value is -1.84. The van der Waals surface area contributed by atoms with Gasteiger partial charge in [0.05, 0.1) is 0 Å². The van der Waals surface area contributed by atoms with Crippen LogP contribution < -0.4 is 10.6 Å². The SMILES string of the molecule is Cc1cc(C(C)(C)C)cc(C)c1CNC(=O)C1CCC(=O)N1. The van der Waals surface area contributed by atoms with Crippen LogP contribution in [0.5, 0.6) is 0 Å². The van der Waals surface area contributed by atoms with Crippen molar-refractivity contribution in [2.45, 2.75) is 65.5 Å². The minimum absolute atomic E-state index is 0.0398. The van der Waals surface area contributed by atoms with E-state index < -0.39 is 0 Å². The predicted molar refractivity (Wildman–Crippen MR) is 87.6 cm³/mol. The molecule has 22 heavy (non-hydrogen) atoms. The molecule has 2 amide bonds. The number of benzene rings is 1. The molecule has 1 aromatic rings. The van der Waals surface area contributed by atoms with Crippen molar-refractivity contribution in [2.75, 3.05) is 0 Å². The fourth-order valence-electron chi connectivity index (χ4n) is 2.81. The number of hydrogen-bond donors (Lipinski definition) is 2. The van der Waals surface area contributed by atoms with Crippen LogP contribution in [-0.4, -0.2) is 17.9 Å². The molecule has 0 bridgehead atoms. The normalized spacial score (nSPS) is 18.2. The summed E-state index contributed by atoms with van der Waals surface area (Å²) in [5.74, 6) is -0.133. The van der Waals surface area contributed by atoms with Crippen LogP contribution in [-0.2, 0) is 21.5 Å². The molecule has 1 fully saturated rings. The van der Waals surface area contributed by atoms with Crippen LogP contribution in [0.3, 0.4) is 0 Å². The lowest BCUT2D eigenvalue weighted by atomic mass is 9.84. The summed E-state index contributed by atoms with van der Waals surface area (Å²) in [5.41, 5.74) is 4.97. The van der Waals surface area contributed by atoms with Gasteiger partial charge in [-0.3, -0.25) is 9.59 Å². The number of carbonyl (C=O) groups is 2. The first kappa shape index (κ1) is 16.5. The van der Waals surface area contributed by atoms with Gasteiger partial charge in [-0.25, -0.2) is 0 Å². The zero-order valence-corrected chi connectivity index (χ0v) is 14.2. The summed E-state index contributed by atoms with van der Waals surface area (Å²) in [6.45, 7) is 11.3. The zero-order valence-electron chi connectivity index (χ0n) is 14.2. The number of rotatable bonds is 3. The molecule has 1 aromatic carbocycles. The van der Waals surface area contributed by atoms with Crippen molar-refractivity contribution in [2.24, 2.45) is 0 Å². The van der Waals surface area contributed by atoms with Gasteiger partial charge in [-0.2, -0.15) is 0 Å². The van der Waals surface area contributed by atoms with E-state index in [2.05, 4.69) is 57.4 Å². The van der Waals surface area contributed by atoms with E-state index in [1.54, 1.807) is 0 Å². The van der Waals surface area contributed by atoms with Gasteiger partial charge in [-0.15, -0.1) is 0 Å². The minimum atomic E-state index is -0.373. The van der Waals surface area contributed by atoms with Gasteiger partial charge >= 0.3 is 0 Å². The molecule has 0 aliphatic carbocycles. The predicted octanol–water partition coefficient (Wildman–Crippen LogP) is 2.50. The highest BCUT2D eigenvalue weighted by atomic mass is 16.2. The molecule has 120 valence electrons. The number of carbonyl (C=O) groups excluding carboxylic acids is 2. The summed E-state index contributed by atoms with van der Waals surface area (Å²) in [6.07, 6.45) is 1.03. The molecule has 0 spiro atoms. The molecular formula is C18H26N2O2. The smallest absolute Gasteiger partial charge is 0.242 e. The Morgan fingerprint density at radius 2 is 1.86 bits per heavy atom. The van der Waals surface area contributed by atoms with Crippen LogP contribution in [0.2, 0.25) is 0 Å². The van der Waals surface area contributed by atoms with Gasteiger partial charge in [-0.1, -0.05) is 32.9 Å². The summed E-state index contributed by atoms with van der Waals surface area (Å²) >= 11 is 0. The van der Waals surface area contributed by atoms with Gasteiger partial charge in [0.25, 0.3) is 0 Å². The Labute approximate surface area is 132 Å². The average molecular weight is 302 g/mol. The van der Waals surface area contributed by atoms with Crippen LogP contribution in [0.25, 0.3) is 0 Å². The van der Waals surface area contributed by atoms with Crippen molar-refractivity contribution in [3.05, 3.63) is 34.4 Å². The summed E-state index contributed by atoms with van der Waals surface area (Å²) in [5, 5.41) is 5.64. The monoisotopic (exact) mass is 302 g/mol. The van der Waals surface area contributed by atoms with Gasteiger partial charge in [-0.05, 0) is 47.9 Å².